The number of aryl methyl sites for hydroxylation is 1. The van der Waals surface area contributed by atoms with Crippen molar-refractivity contribution in [2.75, 3.05) is 0 Å². The predicted octanol–water partition coefficient (Wildman–Crippen LogP) is 6.69. The predicted molar refractivity (Wildman–Crippen MR) is 148 cm³/mol. The summed E-state index contributed by atoms with van der Waals surface area (Å²) in [5, 5.41) is 14.3. The maximum atomic E-state index is 13.2. The van der Waals surface area contributed by atoms with Crippen LogP contribution in [-0.2, 0) is 13.0 Å². The maximum absolute atomic E-state index is 13.2. The van der Waals surface area contributed by atoms with Gasteiger partial charge in [0.1, 0.15) is 12.4 Å². The number of ether oxygens (including phenoxy) is 1. The largest absolute Gasteiger partial charge is 0.486 e. The number of aromatic nitrogens is 2. The van der Waals surface area contributed by atoms with Crippen molar-refractivity contribution in [2.45, 2.75) is 26.4 Å². The standard InChI is InChI=1S/C26H20Br2ClN3O4/c1-2-3-23-31-22-9-8-18(27)12-19(22)25(33)32(23)30-13-16-10-20(28)24(21(29)11-16)36-14-15-4-6-17(7-5-15)26(34)35/h4-13H,2-3,14H2,1H3,(H,34,35). The molecular formula is C26H20Br2ClN3O4. The molecule has 0 bridgehead atoms. The van der Waals surface area contributed by atoms with Gasteiger partial charge in [-0.3, -0.25) is 4.79 Å². The molecule has 7 nitrogen and oxygen atoms in total. The summed E-state index contributed by atoms with van der Waals surface area (Å²) in [6, 6.07) is 15.3. The molecule has 0 aliphatic heterocycles. The third-order valence-corrected chi connectivity index (χ3v) is 6.64. The molecule has 36 heavy (non-hydrogen) atoms. The average Bonchev–Trinajstić information content (AvgIpc) is 2.84. The highest BCUT2D eigenvalue weighted by Crippen LogP contribution is 2.34. The van der Waals surface area contributed by atoms with E-state index >= 15 is 0 Å². The molecule has 0 fully saturated rings. The monoisotopic (exact) mass is 631 g/mol. The first-order valence-corrected chi connectivity index (χ1v) is 12.9. The van der Waals surface area contributed by atoms with E-state index in [1.54, 1.807) is 36.5 Å². The average molecular weight is 634 g/mol. The van der Waals surface area contributed by atoms with E-state index in [4.69, 9.17) is 21.4 Å². The number of hydrogen-bond acceptors (Lipinski definition) is 5. The summed E-state index contributed by atoms with van der Waals surface area (Å²) in [5.74, 6) is 0.0340. The molecule has 1 heterocycles. The van der Waals surface area contributed by atoms with Crippen LogP contribution in [0.25, 0.3) is 10.9 Å². The number of fused-ring (bicyclic) bond motifs is 1. The van der Waals surface area contributed by atoms with Gasteiger partial charge in [0, 0.05) is 10.9 Å². The molecule has 184 valence electrons. The summed E-state index contributed by atoms with van der Waals surface area (Å²) in [6.45, 7) is 2.22. The maximum Gasteiger partial charge on any atom is 0.335 e. The van der Waals surface area contributed by atoms with E-state index in [2.05, 4.69) is 41.9 Å². The second-order valence-corrected chi connectivity index (χ2v) is 10.1. The van der Waals surface area contributed by atoms with Gasteiger partial charge in [-0.25, -0.2) is 9.78 Å². The van der Waals surface area contributed by atoms with E-state index < -0.39 is 5.97 Å². The van der Waals surface area contributed by atoms with Crippen molar-refractivity contribution in [2.24, 2.45) is 5.10 Å². The molecule has 0 amide bonds. The SMILES string of the molecule is CCCc1nc2ccc(Br)cc2c(=O)n1N=Cc1cc(Cl)c(OCc2ccc(C(=O)O)cc2)c(Br)c1. The van der Waals surface area contributed by atoms with Crippen LogP contribution in [0.5, 0.6) is 5.75 Å². The Labute approximate surface area is 228 Å². The van der Waals surface area contributed by atoms with Crippen LogP contribution in [0.1, 0.15) is 40.7 Å². The fraction of sp³-hybridized carbons (Fsp3) is 0.154. The Hall–Kier alpha value is -3.01. The molecule has 4 aromatic rings. The van der Waals surface area contributed by atoms with Crippen molar-refractivity contribution >= 4 is 66.5 Å². The van der Waals surface area contributed by atoms with Crippen LogP contribution in [0, 0.1) is 0 Å². The lowest BCUT2D eigenvalue weighted by atomic mass is 10.1. The van der Waals surface area contributed by atoms with Gasteiger partial charge in [0.15, 0.2) is 5.75 Å². The molecule has 4 rings (SSSR count). The second kappa shape index (κ2) is 11.4. The highest BCUT2D eigenvalue weighted by molar-refractivity contribution is 9.10. The first kappa shape index (κ1) is 26.1. The molecular weight excluding hydrogens is 614 g/mol. The summed E-state index contributed by atoms with van der Waals surface area (Å²) >= 11 is 13.4. The number of benzene rings is 3. The number of carboxylic acids is 1. The lowest BCUT2D eigenvalue weighted by molar-refractivity contribution is 0.0697. The quantitative estimate of drug-likeness (QED) is 0.218. The van der Waals surface area contributed by atoms with Gasteiger partial charge in [-0.2, -0.15) is 9.78 Å². The third-order valence-electron chi connectivity index (χ3n) is 5.28. The highest BCUT2D eigenvalue weighted by Gasteiger charge is 2.12. The minimum atomic E-state index is -0.984. The van der Waals surface area contributed by atoms with Gasteiger partial charge in [0.05, 0.1) is 32.2 Å². The minimum Gasteiger partial charge on any atom is -0.486 e. The van der Waals surface area contributed by atoms with Crippen LogP contribution in [0.3, 0.4) is 0 Å². The van der Waals surface area contributed by atoms with Gasteiger partial charge in [-0.15, -0.1) is 0 Å². The summed E-state index contributed by atoms with van der Waals surface area (Å²) < 4.78 is 8.59. The normalized spacial score (nSPS) is 11.3. The topological polar surface area (TPSA) is 93.8 Å². The molecule has 0 saturated heterocycles. The Morgan fingerprint density at radius 3 is 2.58 bits per heavy atom. The molecule has 3 aromatic carbocycles. The van der Waals surface area contributed by atoms with Gasteiger partial charge in [0.2, 0.25) is 0 Å². The molecule has 1 N–H and O–H groups in total. The van der Waals surface area contributed by atoms with E-state index in [0.717, 1.165) is 16.5 Å². The van der Waals surface area contributed by atoms with E-state index in [0.29, 0.717) is 44.0 Å². The van der Waals surface area contributed by atoms with Crippen LogP contribution in [0.4, 0.5) is 0 Å². The van der Waals surface area contributed by atoms with E-state index in [1.807, 2.05) is 19.1 Å². The van der Waals surface area contributed by atoms with Crippen LogP contribution >= 0.6 is 43.5 Å². The molecule has 0 aliphatic carbocycles. The van der Waals surface area contributed by atoms with E-state index in [-0.39, 0.29) is 17.7 Å². The summed E-state index contributed by atoms with van der Waals surface area (Å²) in [4.78, 5) is 28.8. The molecule has 10 heteroatoms. The zero-order valence-corrected chi connectivity index (χ0v) is 23.0. The Balaban J connectivity index is 1.60. The van der Waals surface area contributed by atoms with Crippen molar-refractivity contribution in [1.82, 2.24) is 9.66 Å². The first-order valence-electron chi connectivity index (χ1n) is 11.0. The number of aromatic carboxylic acids is 1. The van der Waals surface area contributed by atoms with Crippen molar-refractivity contribution in [1.29, 1.82) is 0 Å². The number of hydrogen-bond donors (Lipinski definition) is 1. The summed E-state index contributed by atoms with van der Waals surface area (Å²) in [5.41, 5.74) is 2.04. The van der Waals surface area contributed by atoms with Crippen LogP contribution in [0.2, 0.25) is 5.02 Å². The molecule has 0 radical (unpaired) electrons. The molecule has 0 spiro atoms. The van der Waals surface area contributed by atoms with E-state index in [1.165, 1.54) is 16.8 Å². The van der Waals surface area contributed by atoms with Crippen LogP contribution in [0.15, 0.2) is 73.4 Å². The molecule has 0 unspecified atom stereocenters. The first-order chi connectivity index (χ1) is 17.3. The van der Waals surface area contributed by atoms with Crippen molar-refractivity contribution in [3.8, 4) is 5.75 Å². The lowest BCUT2D eigenvalue weighted by Gasteiger charge is -2.12. The summed E-state index contributed by atoms with van der Waals surface area (Å²) in [6.07, 6.45) is 2.97. The van der Waals surface area contributed by atoms with Gasteiger partial charge in [-0.1, -0.05) is 46.6 Å². The van der Waals surface area contributed by atoms with Gasteiger partial charge >= 0.3 is 5.97 Å². The number of carboxylic acid groups (broad SMARTS) is 1. The molecule has 0 aliphatic rings. The highest BCUT2D eigenvalue weighted by atomic mass is 79.9. The summed E-state index contributed by atoms with van der Waals surface area (Å²) in [7, 11) is 0. The number of halogens is 3. The second-order valence-electron chi connectivity index (χ2n) is 7.91. The molecule has 0 atom stereocenters. The fourth-order valence-electron chi connectivity index (χ4n) is 3.51. The fourth-order valence-corrected chi connectivity index (χ4v) is 4.86. The Kier molecular flexibility index (Phi) is 8.23. The molecule has 0 saturated carbocycles. The van der Waals surface area contributed by atoms with Crippen molar-refractivity contribution < 1.29 is 14.6 Å². The third kappa shape index (κ3) is 5.86. The van der Waals surface area contributed by atoms with Crippen molar-refractivity contribution in [3.63, 3.8) is 0 Å². The van der Waals surface area contributed by atoms with Crippen molar-refractivity contribution in [3.05, 3.63) is 101 Å². The zero-order chi connectivity index (χ0) is 25.8. The van der Waals surface area contributed by atoms with E-state index in [9.17, 15) is 9.59 Å². The zero-order valence-electron chi connectivity index (χ0n) is 19.0. The Morgan fingerprint density at radius 1 is 1.17 bits per heavy atom. The van der Waals surface area contributed by atoms with Gasteiger partial charge in [0.25, 0.3) is 5.56 Å². The van der Waals surface area contributed by atoms with Crippen LogP contribution in [-0.4, -0.2) is 27.0 Å². The van der Waals surface area contributed by atoms with Crippen LogP contribution < -0.4 is 10.3 Å². The minimum absolute atomic E-state index is 0.206. The number of carbonyl (C=O) groups is 1. The molecule has 1 aromatic heterocycles. The Morgan fingerprint density at radius 2 is 1.92 bits per heavy atom. The van der Waals surface area contributed by atoms with Gasteiger partial charge in [-0.05, 0) is 75.9 Å². The van der Waals surface area contributed by atoms with Gasteiger partial charge < -0.3 is 9.84 Å². The Bertz CT molecular complexity index is 1510. The lowest BCUT2D eigenvalue weighted by Crippen LogP contribution is -2.22. The number of nitrogens with zero attached hydrogens (tertiary/aromatic N) is 3. The smallest absolute Gasteiger partial charge is 0.335 e. The number of rotatable bonds is 8.